The number of benzene rings is 1. The first-order valence-electron chi connectivity index (χ1n) is 9.07. The number of hydrogen-bond acceptors (Lipinski definition) is 4. The molecule has 152 valence electrons. The molecule has 0 spiro atoms. The lowest BCUT2D eigenvalue weighted by molar-refractivity contribution is -0.143. The van der Waals surface area contributed by atoms with Crippen LogP contribution in [-0.4, -0.2) is 53.4 Å². The molecule has 28 heavy (non-hydrogen) atoms. The Morgan fingerprint density at radius 1 is 1.25 bits per heavy atom. The fraction of sp³-hybridized carbons (Fsp3) is 0.474. The van der Waals surface area contributed by atoms with Crippen LogP contribution in [0.3, 0.4) is 0 Å². The maximum absolute atomic E-state index is 13.5. The molecule has 2 saturated heterocycles. The number of carbonyl (C=O) groups is 1. The van der Waals surface area contributed by atoms with E-state index in [0.29, 0.717) is 31.8 Å². The van der Waals surface area contributed by atoms with Crippen molar-refractivity contribution in [1.29, 1.82) is 0 Å². The summed E-state index contributed by atoms with van der Waals surface area (Å²) in [6, 6.07) is 3.74. The molecule has 1 N–H and O–H groups in total. The van der Waals surface area contributed by atoms with Crippen LogP contribution in [0.5, 0.6) is 0 Å². The van der Waals surface area contributed by atoms with E-state index >= 15 is 0 Å². The van der Waals surface area contributed by atoms with Crippen LogP contribution in [0, 0.1) is 17.6 Å². The van der Waals surface area contributed by atoms with Crippen LogP contribution in [0.2, 0.25) is 0 Å². The van der Waals surface area contributed by atoms with Gasteiger partial charge in [0.25, 0.3) is 0 Å². The van der Waals surface area contributed by atoms with E-state index in [1.54, 1.807) is 15.8 Å². The van der Waals surface area contributed by atoms with Crippen molar-refractivity contribution in [2.24, 2.45) is 13.0 Å². The summed E-state index contributed by atoms with van der Waals surface area (Å²) in [5, 5.41) is 7.51. The SMILES string of the molecule is Cl.Cn1cc([C@H]2CNC[C@@H]2C(=O)N2CCOC(c3ccc(F)c(F)c3)C2)cn1. The van der Waals surface area contributed by atoms with Gasteiger partial charge in [-0.1, -0.05) is 6.07 Å². The zero-order chi connectivity index (χ0) is 19.0. The smallest absolute Gasteiger partial charge is 0.227 e. The van der Waals surface area contributed by atoms with E-state index in [1.165, 1.54) is 6.07 Å². The van der Waals surface area contributed by atoms with Crippen LogP contribution >= 0.6 is 12.4 Å². The lowest BCUT2D eigenvalue weighted by Crippen LogP contribution is -2.46. The molecule has 3 heterocycles. The van der Waals surface area contributed by atoms with Gasteiger partial charge in [0.2, 0.25) is 5.91 Å². The van der Waals surface area contributed by atoms with Gasteiger partial charge >= 0.3 is 0 Å². The van der Waals surface area contributed by atoms with Gasteiger partial charge in [0, 0.05) is 38.8 Å². The van der Waals surface area contributed by atoms with Gasteiger partial charge in [0.05, 0.1) is 25.3 Å². The van der Waals surface area contributed by atoms with Crippen LogP contribution < -0.4 is 5.32 Å². The fourth-order valence-corrected chi connectivity index (χ4v) is 3.92. The zero-order valence-electron chi connectivity index (χ0n) is 15.5. The summed E-state index contributed by atoms with van der Waals surface area (Å²) >= 11 is 0. The minimum Gasteiger partial charge on any atom is -0.370 e. The molecule has 1 aromatic carbocycles. The quantitative estimate of drug-likeness (QED) is 0.838. The van der Waals surface area contributed by atoms with E-state index in [2.05, 4.69) is 10.4 Å². The summed E-state index contributed by atoms with van der Waals surface area (Å²) in [7, 11) is 1.86. The van der Waals surface area contributed by atoms with Crippen LogP contribution in [0.15, 0.2) is 30.6 Å². The summed E-state index contributed by atoms with van der Waals surface area (Å²) < 4.78 is 34.2. The number of nitrogens with zero attached hydrogens (tertiary/aromatic N) is 3. The Hall–Kier alpha value is -2.03. The Labute approximate surface area is 168 Å². The summed E-state index contributed by atoms with van der Waals surface area (Å²) in [6.45, 7) is 2.55. The molecule has 3 atom stereocenters. The standard InChI is InChI=1S/C19H22F2N4O2.ClH/c1-24-10-13(7-23-24)14-8-22-9-15(14)19(26)25-4-5-27-18(11-25)12-2-3-16(20)17(21)6-12;/h2-3,6-7,10,14-15,18,22H,4-5,8-9,11H2,1H3;1H/t14-,15+,18?;/m1./s1. The molecule has 0 radical (unpaired) electrons. The van der Waals surface area contributed by atoms with Crippen molar-refractivity contribution < 1.29 is 18.3 Å². The highest BCUT2D eigenvalue weighted by Gasteiger charge is 2.38. The number of halogens is 3. The van der Waals surface area contributed by atoms with Crippen molar-refractivity contribution in [2.45, 2.75) is 12.0 Å². The monoisotopic (exact) mass is 412 g/mol. The maximum Gasteiger partial charge on any atom is 0.227 e. The number of aromatic nitrogens is 2. The molecule has 2 aliphatic heterocycles. The number of morpholine rings is 1. The number of rotatable bonds is 3. The largest absolute Gasteiger partial charge is 0.370 e. The zero-order valence-corrected chi connectivity index (χ0v) is 16.3. The topological polar surface area (TPSA) is 59.4 Å². The van der Waals surface area contributed by atoms with Crippen LogP contribution in [0.1, 0.15) is 23.1 Å². The molecule has 0 aliphatic carbocycles. The van der Waals surface area contributed by atoms with E-state index in [1.807, 2.05) is 13.2 Å². The van der Waals surface area contributed by atoms with Gasteiger partial charge in [-0.15, -0.1) is 12.4 Å². The van der Waals surface area contributed by atoms with Gasteiger partial charge in [-0.05, 0) is 23.3 Å². The van der Waals surface area contributed by atoms with Crippen molar-refractivity contribution >= 4 is 18.3 Å². The summed E-state index contributed by atoms with van der Waals surface area (Å²) in [6.07, 6.45) is 3.30. The number of hydrogen-bond donors (Lipinski definition) is 1. The third-order valence-electron chi connectivity index (χ3n) is 5.38. The second-order valence-electron chi connectivity index (χ2n) is 7.14. The molecule has 9 heteroatoms. The van der Waals surface area contributed by atoms with Crippen LogP contribution in [0.25, 0.3) is 0 Å². The minimum atomic E-state index is -0.906. The first-order valence-corrected chi connectivity index (χ1v) is 9.07. The second-order valence-corrected chi connectivity index (χ2v) is 7.14. The predicted octanol–water partition coefficient (Wildman–Crippen LogP) is 2.02. The van der Waals surface area contributed by atoms with Gasteiger partial charge < -0.3 is 15.0 Å². The summed E-state index contributed by atoms with van der Waals surface area (Å²) in [4.78, 5) is 14.9. The lowest BCUT2D eigenvalue weighted by Gasteiger charge is -2.35. The van der Waals surface area contributed by atoms with Gasteiger partial charge in [-0.3, -0.25) is 9.48 Å². The average Bonchev–Trinajstić information content (AvgIpc) is 3.32. The Morgan fingerprint density at radius 2 is 2.07 bits per heavy atom. The number of nitrogens with one attached hydrogen (secondary N) is 1. The van der Waals surface area contributed by atoms with E-state index in [-0.39, 0.29) is 30.2 Å². The van der Waals surface area contributed by atoms with Gasteiger partial charge in [-0.2, -0.15) is 5.10 Å². The summed E-state index contributed by atoms with van der Waals surface area (Å²) in [5.74, 6) is -1.83. The molecule has 0 saturated carbocycles. The number of amides is 1. The molecular weight excluding hydrogens is 390 g/mol. The van der Waals surface area contributed by atoms with Gasteiger partial charge in [0.1, 0.15) is 6.10 Å². The van der Waals surface area contributed by atoms with E-state index in [4.69, 9.17) is 4.74 Å². The first kappa shape index (κ1) is 20.7. The molecule has 6 nitrogen and oxygen atoms in total. The van der Waals surface area contributed by atoms with Gasteiger partial charge in [0.15, 0.2) is 11.6 Å². The predicted molar refractivity (Wildman–Crippen MR) is 101 cm³/mol. The number of carbonyl (C=O) groups excluding carboxylic acids is 1. The molecule has 2 aromatic rings. The highest BCUT2D eigenvalue weighted by atomic mass is 35.5. The van der Waals surface area contributed by atoms with Crippen molar-refractivity contribution in [2.75, 3.05) is 32.8 Å². The Bertz CT molecular complexity index is 847. The lowest BCUT2D eigenvalue weighted by atomic mass is 9.89. The summed E-state index contributed by atoms with van der Waals surface area (Å²) in [5.41, 5.74) is 1.59. The van der Waals surface area contributed by atoms with Crippen LogP contribution in [0.4, 0.5) is 8.78 Å². The Balaban J connectivity index is 0.00000225. The third-order valence-corrected chi connectivity index (χ3v) is 5.38. The number of aryl methyl sites for hydroxylation is 1. The molecule has 2 fully saturated rings. The van der Waals surface area contributed by atoms with Crippen LogP contribution in [-0.2, 0) is 16.6 Å². The Morgan fingerprint density at radius 3 is 2.79 bits per heavy atom. The van der Waals surface area contributed by atoms with E-state index < -0.39 is 17.7 Å². The highest BCUT2D eigenvalue weighted by molar-refractivity contribution is 5.85. The van der Waals surface area contributed by atoms with Crippen molar-refractivity contribution in [3.63, 3.8) is 0 Å². The molecule has 4 rings (SSSR count). The number of ether oxygens (including phenoxy) is 1. The van der Waals surface area contributed by atoms with Gasteiger partial charge in [-0.25, -0.2) is 8.78 Å². The fourth-order valence-electron chi connectivity index (χ4n) is 3.92. The molecule has 1 aromatic heterocycles. The highest BCUT2D eigenvalue weighted by Crippen LogP contribution is 2.31. The molecule has 1 amide bonds. The van der Waals surface area contributed by atoms with Crippen molar-refractivity contribution in [3.8, 4) is 0 Å². The van der Waals surface area contributed by atoms with E-state index in [9.17, 15) is 13.6 Å². The minimum absolute atomic E-state index is 0. The maximum atomic E-state index is 13.5. The normalized spacial score (nSPS) is 24.8. The molecule has 2 aliphatic rings. The first-order chi connectivity index (χ1) is 13.0. The second kappa shape index (κ2) is 8.55. The molecule has 1 unspecified atom stereocenters. The average molecular weight is 413 g/mol. The molecule has 0 bridgehead atoms. The third kappa shape index (κ3) is 4.04. The van der Waals surface area contributed by atoms with Crippen molar-refractivity contribution in [1.82, 2.24) is 20.0 Å². The molecular formula is C19H23ClF2N4O2. The van der Waals surface area contributed by atoms with Crippen molar-refractivity contribution in [3.05, 3.63) is 53.4 Å². The Kier molecular flexibility index (Phi) is 6.32. The van der Waals surface area contributed by atoms with E-state index in [0.717, 1.165) is 24.2 Å².